The number of carbonyl (C=O) groups excluding carboxylic acids is 1. The van der Waals surface area contributed by atoms with Gasteiger partial charge in [0.15, 0.2) is 5.82 Å². The number of fused-ring (bicyclic) bond motifs is 1. The SMILES string of the molecule is O=C(N/N=C/c1ccc(Oc2ccccc2)cc1)c1nc2ccccc2[nH]1. The van der Waals surface area contributed by atoms with E-state index in [1.165, 1.54) is 0 Å². The molecule has 0 saturated heterocycles. The van der Waals surface area contributed by atoms with Crippen LogP contribution in [0.5, 0.6) is 11.5 Å². The second-order valence-corrected chi connectivity index (χ2v) is 5.79. The Balaban J connectivity index is 1.37. The minimum Gasteiger partial charge on any atom is -0.457 e. The number of amides is 1. The summed E-state index contributed by atoms with van der Waals surface area (Å²) in [5, 5.41) is 3.98. The van der Waals surface area contributed by atoms with E-state index in [4.69, 9.17) is 4.74 Å². The third-order valence-electron chi connectivity index (χ3n) is 3.84. The van der Waals surface area contributed by atoms with Gasteiger partial charge in [0.05, 0.1) is 17.2 Å². The average Bonchev–Trinajstić information content (AvgIpc) is 3.14. The Morgan fingerprint density at radius 2 is 1.63 bits per heavy atom. The maximum Gasteiger partial charge on any atom is 0.307 e. The van der Waals surface area contributed by atoms with E-state index in [0.29, 0.717) is 0 Å². The lowest BCUT2D eigenvalue weighted by atomic mass is 10.2. The van der Waals surface area contributed by atoms with E-state index in [2.05, 4.69) is 20.5 Å². The molecular formula is C21H16N4O2. The second-order valence-electron chi connectivity index (χ2n) is 5.79. The number of imidazole rings is 1. The molecule has 4 aromatic rings. The molecule has 2 N–H and O–H groups in total. The highest BCUT2D eigenvalue weighted by Crippen LogP contribution is 2.20. The van der Waals surface area contributed by atoms with E-state index in [-0.39, 0.29) is 5.82 Å². The van der Waals surface area contributed by atoms with Gasteiger partial charge < -0.3 is 9.72 Å². The van der Waals surface area contributed by atoms with E-state index in [1.807, 2.05) is 78.9 Å². The number of hydrogen-bond donors (Lipinski definition) is 2. The van der Waals surface area contributed by atoms with Crippen LogP contribution in [0.25, 0.3) is 11.0 Å². The summed E-state index contributed by atoms with van der Waals surface area (Å²) in [5.74, 6) is 1.33. The second kappa shape index (κ2) is 7.53. The fourth-order valence-corrected chi connectivity index (χ4v) is 2.53. The van der Waals surface area contributed by atoms with Gasteiger partial charge in [0, 0.05) is 0 Å². The molecule has 1 amide bonds. The molecule has 0 atom stereocenters. The first-order valence-corrected chi connectivity index (χ1v) is 8.39. The van der Waals surface area contributed by atoms with Crippen molar-refractivity contribution in [2.75, 3.05) is 0 Å². The number of carbonyl (C=O) groups is 1. The molecule has 6 nitrogen and oxygen atoms in total. The summed E-state index contributed by atoms with van der Waals surface area (Å²) in [7, 11) is 0. The Morgan fingerprint density at radius 1 is 0.926 bits per heavy atom. The van der Waals surface area contributed by atoms with Gasteiger partial charge in [0.1, 0.15) is 11.5 Å². The maximum atomic E-state index is 12.1. The highest BCUT2D eigenvalue weighted by atomic mass is 16.5. The van der Waals surface area contributed by atoms with Gasteiger partial charge >= 0.3 is 5.91 Å². The van der Waals surface area contributed by atoms with Crippen molar-refractivity contribution in [1.82, 2.24) is 15.4 Å². The molecule has 132 valence electrons. The predicted octanol–water partition coefficient (Wildman–Crippen LogP) is 4.12. The number of nitrogens with zero attached hydrogens (tertiary/aromatic N) is 2. The van der Waals surface area contributed by atoms with Gasteiger partial charge in [0.2, 0.25) is 0 Å². The molecule has 0 aliphatic carbocycles. The van der Waals surface area contributed by atoms with Crippen LogP contribution in [0, 0.1) is 0 Å². The lowest BCUT2D eigenvalue weighted by molar-refractivity contribution is 0.0946. The monoisotopic (exact) mass is 356 g/mol. The number of aromatic nitrogens is 2. The van der Waals surface area contributed by atoms with Crippen LogP contribution in [0.2, 0.25) is 0 Å². The highest BCUT2D eigenvalue weighted by molar-refractivity contribution is 5.94. The van der Waals surface area contributed by atoms with Crippen LogP contribution >= 0.6 is 0 Å². The summed E-state index contributed by atoms with van der Waals surface area (Å²) < 4.78 is 5.74. The molecule has 1 aromatic heterocycles. The minimum atomic E-state index is -0.397. The molecule has 0 unspecified atom stereocenters. The summed E-state index contributed by atoms with van der Waals surface area (Å²) in [4.78, 5) is 19.3. The molecule has 6 heteroatoms. The zero-order chi connectivity index (χ0) is 18.5. The number of hydrogen-bond acceptors (Lipinski definition) is 4. The van der Waals surface area contributed by atoms with Crippen LogP contribution in [-0.2, 0) is 0 Å². The number of H-pyrrole nitrogens is 1. The Morgan fingerprint density at radius 3 is 2.41 bits per heavy atom. The van der Waals surface area contributed by atoms with E-state index in [1.54, 1.807) is 6.21 Å². The van der Waals surface area contributed by atoms with E-state index < -0.39 is 5.91 Å². The first-order chi connectivity index (χ1) is 13.3. The molecule has 3 aromatic carbocycles. The molecule has 27 heavy (non-hydrogen) atoms. The van der Waals surface area contributed by atoms with Crippen molar-refractivity contribution < 1.29 is 9.53 Å². The molecule has 1 heterocycles. The zero-order valence-electron chi connectivity index (χ0n) is 14.3. The number of para-hydroxylation sites is 3. The van der Waals surface area contributed by atoms with Crippen molar-refractivity contribution >= 4 is 23.2 Å². The van der Waals surface area contributed by atoms with Gasteiger partial charge in [-0.15, -0.1) is 0 Å². The lowest BCUT2D eigenvalue weighted by Gasteiger charge is -2.05. The quantitative estimate of drug-likeness (QED) is 0.417. The van der Waals surface area contributed by atoms with Crippen molar-refractivity contribution in [3.63, 3.8) is 0 Å². The average molecular weight is 356 g/mol. The fraction of sp³-hybridized carbons (Fsp3) is 0. The molecule has 0 radical (unpaired) electrons. The van der Waals surface area contributed by atoms with Gasteiger partial charge in [-0.2, -0.15) is 5.10 Å². The molecule has 0 aliphatic heterocycles. The summed E-state index contributed by atoms with van der Waals surface area (Å²) in [6, 6.07) is 24.4. The van der Waals surface area contributed by atoms with E-state index >= 15 is 0 Å². The van der Waals surface area contributed by atoms with Crippen LogP contribution in [0.15, 0.2) is 84.0 Å². The summed E-state index contributed by atoms with van der Waals surface area (Å²) >= 11 is 0. The molecule has 0 fully saturated rings. The first-order valence-electron chi connectivity index (χ1n) is 8.39. The first kappa shape index (κ1) is 16.5. The fourth-order valence-electron chi connectivity index (χ4n) is 2.53. The van der Waals surface area contributed by atoms with Crippen molar-refractivity contribution in [1.29, 1.82) is 0 Å². The van der Waals surface area contributed by atoms with Crippen LogP contribution in [-0.4, -0.2) is 22.1 Å². The van der Waals surface area contributed by atoms with Crippen molar-refractivity contribution in [2.45, 2.75) is 0 Å². The third-order valence-corrected chi connectivity index (χ3v) is 3.84. The number of aromatic amines is 1. The minimum absolute atomic E-state index is 0.222. The zero-order valence-corrected chi connectivity index (χ0v) is 14.3. The Labute approximate surface area is 155 Å². The molecule has 0 saturated carbocycles. The number of benzene rings is 3. The largest absolute Gasteiger partial charge is 0.457 e. The number of hydrazone groups is 1. The van der Waals surface area contributed by atoms with Gasteiger partial charge in [-0.25, -0.2) is 10.4 Å². The van der Waals surface area contributed by atoms with Crippen LogP contribution in [0.1, 0.15) is 16.2 Å². The molecule has 0 aliphatic rings. The van der Waals surface area contributed by atoms with Crippen LogP contribution in [0.3, 0.4) is 0 Å². The topological polar surface area (TPSA) is 79.4 Å². The Bertz CT molecular complexity index is 1050. The normalized spacial score (nSPS) is 11.0. The van der Waals surface area contributed by atoms with Gasteiger partial charge in [-0.1, -0.05) is 30.3 Å². The number of ether oxygens (including phenoxy) is 1. The molecule has 0 spiro atoms. The van der Waals surface area contributed by atoms with Gasteiger partial charge in [0.25, 0.3) is 0 Å². The standard InChI is InChI=1S/C21H16N4O2/c26-21(20-23-18-8-4-5-9-19(18)24-20)25-22-14-15-10-12-17(13-11-15)27-16-6-2-1-3-7-16/h1-14H,(H,23,24)(H,25,26)/b22-14+. The molecular weight excluding hydrogens is 340 g/mol. The smallest absolute Gasteiger partial charge is 0.307 e. The third kappa shape index (κ3) is 4.01. The van der Waals surface area contributed by atoms with Crippen LogP contribution in [0.4, 0.5) is 0 Å². The molecule has 0 bridgehead atoms. The predicted molar refractivity (Wildman–Crippen MR) is 104 cm³/mol. The van der Waals surface area contributed by atoms with Crippen molar-refractivity contribution in [3.8, 4) is 11.5 Å². The Hall–Kier alpha value is -3.93. The number of rotatable bonds is 5. The highest BCUT2D eigenvalue weighted by Gasteiger charge is 2.09. The summed E-state index contributed by atoms with van der Waals surface area (Å²) in [6.45, 7) is 0. The van der Waals surface area contributed by atoms with Gasteiger partial charge in [-0.05, 0) is 54.1 Å². The Kier molecular flexibility index (Phi) is 4.61. The summed E-state index contributed by atoms with van der Waals surface area (Å²) in [5.41, 5.74) is 4.84. The molecule has 4 rings (SSSR count). The van der Waals surface area contributed by atoms with Crippen molar-refractivity contribution in [2.24, 2.45) is 5.10 Å². The number of nitrogens with one attached hydrogen (secondary N) is 2. The summed E-state index contributed by atoms with van der Waals surface area (Å²) in [6.07, 6.45) is 1.56. The van der Waals surface area contributed by atoms with E-state index in [9.17, 15) is 4.79 Å². The maximum absolute atomic E-state index is 12.1. The van der Waals surface area contributed by atoms with Crippen molar-refractivity contribution in [3.05, 3.63) is 90.3 Å². The lowest BCUT2D eigenvalue weighted by Crippen LogP contribution is -2.19. The van der Waals surface area contributed by atoms with Gasteiger partial charge in [-0.3, -0.25) is 4.79 Å². The van der Waals surface area contributed by atoms with E-state index in [0.717, 1.165) is 28.1 Å². The van der Waals surface area contributed by atoms with Crippen LogP contribution < -0.4 is 10.2 Å².